The van der Waals surface area contributed by atoms with Crippen molar-refractivity contribution < 1.29 is 13.2 Å². The van der Waals surface area contributed by atoms with Crippen molar-refractivity contribution in [1.82, 2.24) is 4.72 Å². The molecule has 0 spiro atoms. The van der Waals surface area contributed by atoms with Crippen molar-refractivity contribution in [3.63, 3.8) is 0 Å². The molecule has 0 aliphatic heterocycles. The summed E-state index contributed by atoms with van der Waals surface area (Å²) in [5, 5.41) is 0. The third-order valence-electron chi connectivity index (χ3n) is 1.53. The fourth-order valence-corrected chi connectivity index (χ4v) is 1.39. The van der Waals surface area contributed by atoms with Gasteiger partial charge in [-0.25, -0.2) is 8.42 Å². The van der Waals surface area contributed by atoms with Crippen LogP contribution in [0, 0.1) is 0 Å². The predicted molar refractivity (Wildman–Crippen MR) is 67.6 cm³/mol. The number of aliphatic imine (C=N–C) groups is 1. The zero-order chi connectivity index (χ0) is 12.2. The van der Waals surface area contributed by atoms with Crippen LogP contribution in [0.25, 0.3) is 0 Å². The van der Waals surface area contributed by atoms with E-state index in [1.54, 1.807) is 30.3 Å². The maximum atomic E-state index is 11.4. The van der Waals surface area contributed by atoms with Crippen LogP contribution in [0.2, 0.25) is 0 Å². The summed E-state index contributed by atoms with van der Waals surface area (Å²) >= 11 is 0. The molecule has 0 bridgehead atoms. The van der Waals surface area contributed by atoms with E-state index in [2.05, 4.69) is 4.99 Å². The van der Waals surface area contributed by atoms with Crippen molar-refractivity contribution in [1.29, 1.82) is 0 Å². The highest BCUT2D eigenvalue weighted by atomic mass is 35.5. The molecule has 3 N–H and O–H groups in total. The fourth-order valence-electron chi connectivity index (χ4n) is 0.967. The number of carbonyl (C=O) groups excluding carboxylic acids is 1. The lowest BCUT2D eigenvalue weighted by molar-refractivity contribution is 0.100. The van der Waals surface area contributed by atoms with Gasteiger partial charge >= 0.3 is 0 Å². The molecule has 6 nitrogen and oxygen atoms in total. The molecule has 1 aromatic rings. The number of rotatable bonds is 2. The van der Waals surface area contributed by atoms with Crippen LogP contribution in [0.15, 0.2) is 35.3 Å². The van der Waals surface area contributed by atoms with Gasteiger partial charge in [0.1, 0.15) is 0 Å². The molecule has 1 rings (SSSR count). The monoisotopic (exact) mass is 277 g/mol. The Labute approximate surface area is 105 Å². The van der Waals surface area contributed by atoms with Crippen LogP contribution >= 0.6 is 12.4 Å². The molecule has 0 aromatic heterocycles. The topological polar surface area (TPSA) is 102 Å². The highest BCUT2D eigenvalue weighted by molar-refractivity contribution is 7.89. The van der Waals surface area contributed by atoms with Gasteiger partial charge in [-0.05, 0) is 12.1 Å². The van der Waals surface area contributed by atoms with Crippen molar-refractivity contribution >= 4 is 34.3 Å². The smallest absolute Gasteiger partial charge is 0.280 e. The van der Waals surface area contributed by atoms with Crippen LogP contribution in [-0.4, -0.2) is 26.5 Å². The molecule has 0 saturated heterocycles. The van der Waals surface area contributed by atoms with E-state index in [4.69, 9.17) is 5.73 Å². The van der Waals surface area contributed by atoms with Crippen molar-refractivity contribution in [3.05, 3.63) is 35.9 Å². The van der Waals surface area contributed by atoms with Crippen LogP contribution in [0.4, 0.5) is 0 Å². The molecule has 0 heterocycles. The Hall–Kier alpha value is -1.60. The minimum absolute atomic E-state index is 0. The molecule has 17 heavy (non-hydrogen) atoms. The van der Waals surface area contributed by atoms with Gasteiger partial charge in [-0.15, -0.1) is 12.4 Å². The molecular weight excluding hydrogens is 266 g/mol. The van der Waals surface area contributed by atoms with Crippen LogP contribution in [0.1, 0.15) is 10.4 Å². The standard InChI is InChI=1S/C9H11N3O3S.ClH/c1-16(14,15)12-9(10)11-8(13)7-5-3-2-4-6-7;/h2-6H,1H3,(H3,10,11,12,13);1H. The van der Waals surface area contributed by atoms with E-state index >= 15 is 0 Å². The van der Waals surface area contributed by atoms with E-state index in [-0.39, 0.29) is 12.4 Å². The van der Waals surface area contributed by atoms with Gasteiger partial charge in [0, 0.05) is 5.56 Å². The Bertz CT molecular complexity index is 514. The number of amides is 1. The summed E-state index contributed by atoms with van der Waals surface area (Å²) in [5.74, 6) is -1.05. The summed E-state index contributed by atoms with van der Waals surface area (Å²) in [6.45, 7) is 0. The van der Waals surface area contributed by atoms with Gasteiger partial charge in [-0.3, -0.25) is 9.52 Å². The number of hydrogen-bond donors (Lipinski definition) is 2. The van der Waals surface area contributed by atoms with Gasteiger partial charge in [-0.2, -0.15) is 4.99 Å². The lowest BCUT2D eigenvalue weighted by Gasteiger charge is -2.01. The molecule has 0 unspecified atom stereocenters. The minimum atomic E-state index is -3.51. The lowest BCUT2D eigenvalue weighted by atomic mass is 10.2. The van der Waals surface area contributed by atoms with Gasteiger partial charge < -0.3 is 5.73 Å². The van der Waals surface area contributed by atoms with Crippen LogP contribution in [-0.2, 0) is 10.0 Å². The molecule has 0 saturated carbocycles. The van der Waals surface area contributed by atoms with E-state index in [1.165, 1.54) is 0 Å². The summed E-state index contributed by atoms with van der Waals surface area (Å²) in [7, 11) is -3.51. The summed E-state index contributed by atoms with van der Waals surface area (Å²) in [6.07, 6.45) is 0.919. The Morgan fingerprint density at radius 1 is 1.29 bits per heavy atom. The zero-order valence-electron chi connectivity index (χ0n) is 8.95. The number of nitrogens with one attached hydrogen (secondary N) is 1. The molecule has 0 aliphatic carbocycles. The second-order valence-electron chi connectivity index (χ2n) is 3.04. The van der Waals surface area contributed by atoms with Crippen molar-refractivity contribution in [2.24, 2.45) is 10.7 Å². The number of benzene rings is 1. The molecule has 8 heteroatoms. The van der Waals surface area contributed by atoms with Crippen molar-refractivity contribution in [3.8, 4) is 0 Å². The summed E-state index contributed by atoms with van der Waals surface area (Å²) in [4.78, 5) is 14.8. The Kier molecular flexibility index (Phi) is 5.63. The van der Waals surface area contributed by atoms with Gasteiger partial charge in [-0.1, -0.05) is 18.2 Å². The van der Waals surface area contributed by atoms with Crippen molar-refractivity contribution in [2.75, 3.05) is 6.26 Å². The molecule has 94 valence electrons. The van der Waals surface area contributed by atoms with E-state index < -0.39 is 21.9 Å². The van der Waals surface area contributed by atoms with E-state index in [0.717, 1.165) is 6.26 Å². The van der Waals surface area contributed by atoms with E-state index in [9.17, 15) is 13.2 Å². The van der Waals surface area contributed by atoms with Crippen molar-refractivity contribution in [2.45, 2.75) is 0 Å². The van der Waals surface area contributed by atoms with Gasteiger partial charge in [0.15, 0.2) is 0 Å². The molecule has 0 atom stereocenters. The summed E-state index contributed by atoms with van der Waals surface area (Å²) in [6, 6.07) is 8.20. The molecule has 0 fully saturated rings. The van der Waals surface area contributed by atoms with E-state index in [0.29, 0.717) is 5.56 Å². The summed E-state index contributed by atoms with van der Waals surface area (Å²) < 4.78 is 23.5. The van der Waals surface area contributed by atoms with E-state index in [1.807, 2.05) is 4.72 Å². The average Bonchev–Trinajstić information content (AvgIpc) is 2.16. The van der Waals surface area contributed by atoms with Gasteiger partial charge in [0.2, 0.25) is 16.0 Å². The number of sulfonamides is 1. The Morgan fingerprint density at radius 2 is 1.82 bits per heavy atom. The van der Waals surface area contributed by atoms with Crippen LogP contribution < -0.4 is 10.5 Å². The molecule has 0 aliphatic rings. The number of guanidine groups is 1. The SMILES string of the molecule is CS(=O)(=O)NC(N)=NC(=O)c1ccccc1.Cl. The zero-order valence-corrected chi connectivity index (χ0v) is 10.6. The number of hydrogen-bond acceptors (Lipinski definition) is 3. The third-order valence-corrected chi connectivity index (χ3v) is 2.11. The first kappa shape index (κ1) is 15.4. The van der Waals surface area contributed by atoms with Gasteiger partial charge in [0.25, 0.3) is 5.91 Å². The van der Waals surface area contributed by atoms with Gasteiger partial charge in [0.05, 0.1) is 6.26 Å². The van der Waals surface area contributed by atoms with Crippen LogP contribution in [0.3, 0.4) is 0 Å². The predicted octanol–water partition coefficient (Wildman–Crippen LogP) is 0.113. The molecular formula is C9H12ClN3O3S. The second-order valence-corrected chi connectivity index (χ2v) is 4.79. The number of nitrogens with two attached hydrogens (primary N) is 1. The third kappa shape index (κ3) is 5.88. The molecule has 1 amide bonds. The number of carbonyl (C=O) groups is 1. The average molecular weight is 278 g/mol. The minimum Gasteiger partial charge on any atom is -0.369 e. The normalized spacial score (nSPS) is 11.5. The second kappa shape index (κ2) is 6.21. The lowest BCUT2D eigenvalue weighted by Crippen LogP contribution is -2.36. The maximum Gasteiger partial charge on any atom is 0.280 e. The first-order valence-corrected chi connectivity index (χ1v) is 6.19. The number of halogens is 1. The Balaban J connectivity index is 0.00000256. The largest absolute Gasteiger partial charge is 0.369 e. The maximum absolute atomic E-state index is 11.4. The quantitative estimate of drug-likeness (QED) is 0.592. The molecule has 0 radical (unpaired) electrons. The number of nitrogens with zero attached hydrogens (tertiary/aromatic N) is 1. The highest BCUT2D eigenvalue weighted by Crippen LogP contribution is 2.00. The Morgan fingerprint density at radius 3 is 2.29 bits per heavy atom. The highest BCUT2D eigenvalue weighted by Gasteiger charge is 2.06. The first-order chi connectivity index (χ1) is 7.38. The summed E-state index contributed by atoms with van der Waals surface area (Å²) in [5.41, 5.74) is 5.57. The fraction of sp³-hybridized carbons (Fsp3) is 0.111. The molecule has 1 aromatic carbocycles. The van der Waals surface area contributed by atoms with Crippen LogP contribution in [0.5, 0.6) is 0 Å². The first-order valence-electron chi connectivity index (χ1n) is 4.30.